The summed E-state index contributed by atoms with van der Waals surface area (Å²) in [5.74, 6) is 0. The SMILES string of the molecule is NCC1(Cc2nc3ccccc3s2)CCc2ccccc21. The number of aryl methyl sites for hydroxylation is 1. The van der Waals surface area contributed by atoms with Crippen LogP contribution in [0.1, 0.15) is 22.6 Å². The van der Waals surface area contributed by atoms with E-state index in [9.17, 15) is 0 Å². The molecule has 106 valence electrons. The van der Waals surface area contributed by atoms with Crippen molar-refractivity contribution in [1.29, 1.82) is 0 Å². The third-order valence-corrected chi connectivity index (χ3v) is 5.72. The second kappa shape index (κ2) is 4.93. The van der Waals surface area contributed by atoms with Crippen molar-refractivity contribution >= 4 is 21.6 Å². The number of benzene rings is 2. The molecular weight excluding hydrogens is 276 g/mol. The van der Waals surface area contributed by atoms with Gasteiger partial charge in [0.2, 0.25) is 0 Å². The van der Waals surface area contributed by atoms with Crippen LogP contribution in [0, 0.1) is 0 Å². The highest BCUT2D eigenvalue weighted by molar-refractivity contribution is 7.18. The Hall–Kier alpha value is -1.71. The number of hydrogen-bond donors (Lipinski definition) is 1. The number of rotatable bonds is 3. The van der Waals surface area contributed by atoms with Crippen LogP contribution in [0.15, 0.2) is 48.5 Å². The van der Waals surface area contributed by atoms with Gasteiger partial charge in [-0.15, -0.1) is 11.3 Å². The second-order valence-electron chi connectivity index (χ2n) is 5.89. The fourth-order valence-electron chi connectivity index (χ4n) is 3.52. The maximum Gasteiger partial charge on any atom is 0.0948 e. The van der Waals surface area contributed by atoms with Gasteiger partial charge < -0.3 is 5.73 Å². The third kappa shape index (κ3) is 2.08. The quantitative estimate of drug-likeness (QED) is 0.800. The minimum atomic E-state index is 0.0739. The Bertz CT molecular complexity index is 760. The summed E-state index contributed by atoms with van der Waals surface area (Å²) in [5.41, 5.74) is 10.3. The highest BCUT2D eigenvalue weighted by Gasteiger charge is 2.38. The molecule has 0 amide bonds. The molecule has 2 N–H and O–H groups in total. The highest BCUT2D eigenvalue weighted by atomic mass is 32.1. The molecule has 1 heterocycles. The summed E-state index contributed by atoms with van der Waals surface area (Å²) >= 11 is 1.81. The van der Waals surface area contributed by atoms with Crippen LogP contribution in [0.4, 0.5) is 0 Å². The standard InChI is InChI=1S/C18H18N2S/c19-12-18(10-9-13-5-1-2-6-14(13)18)11-17-20-15-7-3-4-8-16(15)21-17/h1-8H,9-12,19H2. The van der Waals surface area contributed by atoms with E-state index >= 15 is 0 Å². The third-order valence-electron chi connectivity index (χ3n) is 4.68. The number of para-hydroxylation sites is 1. The Morgan fingerprint density at radius 2 is 1.90 bits per heavy atom. The lowest BCUT2D eigenvalue weighted by Gasteiger charge is -2.28. The number of nitrogens with zero attached hydrogens (tertiary/aromatic N) is 1. The number of aromatic nitrogens is 1. The molecule has 2 nitrogen and oxygen atoms in total. The summed E-state index contributed by atoms with van der Waals surface area (Å²) in [6.45, 7) is 0.694. The summed E-state index contributed by atoms with van der Waals surface area (Å²) in [6.07, 6.45) is 3.23. The molecule has 3 heteroatoms. The van der Waals surface area contributed by atoms with Gasteiger partial charge in [-0.1, -0.05) is 36.4 Å². The molecule has 1 aliphatic rings. The van der Waals surface area contributed by atoms with Crippen molar-refractivity contribution < 1.29 is 0 Å². The van der Waals surface area contributed by atoms with Crippen LogP contribution in [0.25, 0.3) is 10.2 Å². The Balaban J connectivity index is 1.75. The minimum absolute atomic E-state index is 0.0739. The maximum atomic E-state index is 6.20. The smallest absolute Gasteiger partial charge is 0.0948 e. The zero-order valence-corrected chi connectivity index (χ0v) is 12.7. The number of nitrogens with two attached hydrogens (primary N) is 1. The molecule has 0 saturated carbocycles. The van der Waals surface area contributed by atoms with Gasteiger partial charge in [0.15, 0.2) is 0 Å². The van der Waals surface area contributed by atoms with Crippen LogP contribution in [0.3, 0.4) is 0 Å². The number of thiazole rings is 1. The average molecular weight is 294 g/mol. The van der Waals surface area contributed by atoms with E-state index in [1.807, 2.05) is 0 Å². The van der Waals surface area contributed by atoms with E-state index in [2.05, 4.69) is 48.5 Å². The topological polar surface area (TPSA) is 38.9 Å². The predicted octanol–water partition coefficient (Wildman–Crippen LogP) is 3.68. The van der Waals surface area contributed by atoms with E-state index in [1.165, 1.54) is 20.8 Å². The number of hydrogen-bond acceptors (Lipinski definition) is 3. The first-order valence-electron chi connectivity index (χ1n) is 7.44. The molecule has 3 aromatic rings. The Kier molecular flexibility index (Phi) is 3.05. The molecule has 1 aromatic heterocycles. The molecule has 1 unspecified atom stereocenters. The average Bonchev–Trinajstić information content (AvgIpc) is 3.09. The van der Waals surface area contributed by atoms with Crippen molar-refractivity contribution in [2.24, 2.45) is 5.73 Å². The van der Waals surface area contributed by atoms with E-state index in [0.29, 0.717) is 6.54 Å². The van der Waals surface area contributed by atoms with E-state index in [1.54, 1.807) is 11.3 Å². The van der Waals surface area contributed by atoms with Crippen LogP contribution < -0.4 is 5.73 Å². The lowest BCUT2D eigenvalue weighted by atomic mass is 9.79. The van der Waals surface area contributed by atoms with Gasteiger partial charge in [-0.3, -0.25) is 0 Å². The van der Waals surface area contributed by atoms with E-state index in [0.717, 1.165) is 24.8 Å². The molecule has 0 saturated heterocycles. The Labute approximate surface area is 128 Å². The maximum absolute atomic E-state index is 6.20. The predicted molar refractivity (Wildman–Crippen MR) is 88.8 cm³/mol. The highest BCUT2D eigenvalue weighted by Crippen LogP contribution is 2.41. The zero-order valence-electron chi connectivity index (χ0n) is 11.9. The summed E-state index contributed by atoms with van der Waals surface area (Å²) in [7, 11) is 0. The summed E-state index contributed by atoms with van der Waals surface area (Å²) < 4.78 is 1.27. The molecule has 0 spiro atoms. The van der Waals surface area contributed by atoms with Crippen LogP contribution >= 0.6 is 11.3 Å². The van der Waals surface area contributed by atoms with Crippen molar-refractivity contribution in [3.63, 3.8) is 0 Å². The van der Waals surface area contributed by atoms with Crippen LogP contribution in [-0.2, 0) is 18.3 Å². The molecule has 0 radical (unpaired) electrons. The molecule has 1 aliphatic carbocycles. The molecule has 2 aromatic carbocycles. The van der Waals surface area contributed by atoms with Gasteiger partial charge in [-0.2, -0.15) is 0 Å². The van der Waals surface area contributed by atoms with E-state index in [-0.39, 0.29) is 5.41 Å². The molecule has 1 atom stereocenters. The van der Waals surface area contributed by atoms with E-state index in [4.69, 9.17) is 10.7 Å². The van der Waals surface area contributed by atoms with Gasteiger partial charge >= 0.3 is 0 Å². The first-order valence-corrected chi connectivity index (χ1v) is 8.25. The van der Waals surface area contributed by atoms with Crippen molar-refractivity contribution in [2.75, 3.05) is 6.54 Å². The Morgan fingerprint density at radius 1 is 1.10 bits per heavy atom. The number of fused-ring (bicyclic) bond motifs is 2. The minimum Gasteiger partial charge on any atom is -0.330 e. The summed E-state index contributed by atoms with van der Waals surface area (Å²) in [5, 5.41) is 1.21. The fourth-order valence-corrected chi connectivity index (χ4v) is 4.63. The van der Waals surface area contributed by atoms with Crippen molar-refractivity contribution in [1.82, 2.24) is 4.98 Å². The van der Waals surface area contributed by atoms with Crippen molar-refractivity contribution in [3.05, 3.63) is 64.7 Å². The van der Waals surface area contributed by atoms with Crippen molar-refractivity contribution in [2.45, 2.75) is 24.7 Å². The first-order chi connectivity index (χ1) is 10.3. The van der Waals surface area contributed by atoms with Crippen LogP contribution in [0.2, 0.25) is 0 Å². The van der Waals surface area contributed by atoms with Gasteiger partial charge in [-0.25, -0.2) is 4.98 Å². The lowest BCUT2D eigenvalue weighted by Crippen LogP contribution is -2.35. The van der Waals surface area contributed by atoms with Crippen LogP contribution in [0.5, 0.6) is 0 Å². The monoisotopic (exact) mass is 294 g/mol. The Morgan fingerprint density at radius 3 is 2.76 bits per heavy atom. The van der Waals surface area contributed by atoms with Gasteiger partial charge in [0.25, 0.3) is 0 Å². The van der Waals surface area contributed by atoms with E-state index < -0.39 is 0 Å². The molecule has 0 aliphatic heterocycles. The molecule has 0 bridgehead atoms. The molecule has 0 fully saturated rings. The first kappa shape index (κ1) is 13.0. The molecule has 4 rings (SSSR count). The normalized spacial score (nSPS) is 20.8. The van der Waals surface area contributed by atoms with Gasteiger partial charge in [-0.05, 0) is 36.1 Å². The van der Waals surface area contributed by atoms with Gasteiger partial charge in [0.05, 0.1) is 15.2 Å². The summed E-state index contributed by atoms with van der Waals surface area (Å²) in [6, 6.07) is 17.1. The van der Waals surface area contributed by atoms with Gasteiger partial charge in [0, 0.05) is 18.4 Å². The molecule has 21 heavy (non-hydrogen) atoms. The fraction of sp³-hybridized carbons (Fsp3) is 0.278. The largest absolute Gasteiger partial charge is 0.330 e. The lowest BCUT2D eigenvalue weighted by molar-refractivity contribution is 0.431. The summed E-state index contributed by atoms with van der Waals surface area (Å²) in [4.78, 5) is 4.81. The zero-order chi connectivity index (χ0) is 14.3. The second-order valence-corrected chi connectivity index (χ2v) is 7.01. The van der Waals surface area contributed by atoms with Crippen molar-refractivity contribution in [3.8, 4) is 0 Å². The van der Waals surface area contributed by atoms with Gasteiger partial charge in [0.1, 0.15) is 0 Å². The molecular formula is C18H18N2S. The van der Waals surface area contributed by atoms with Crippen LogP contribution in [-0.4, -0.2) is 11.5 Å².